The minimum atomic E-state index is 0.556. The van der Waals surface area contributed by atoms with Crippen molar-refractivity contribution in [1.82, 2.24) is 9.80 Å². The van der Waals surface area contributed by atoms with Gasteiger partial charge in [-0.15, -0.1) is 0 Å². The highest BCUT2D eigenvalue weighted by Gasteiger charge is 2.26. The topological polar surface area (TPSA) is 15.7 Å². The number of hydrogen-bond acceptors (Lipinski definition) is 3. The Morgan fingerprint density at radius 1 is 1.23 bits per heavy atom. The Hall–Kier alpha value is -1.48. The van der Waals surface area contributed by atoms with Crippen LogP contribution in [0.1, 0.15) is 30.4 Å². The van der Waals surface area contributed by atoms with Crippen LogP contribution in [0.3, 0.4) is 0 Å². The van der Waals surface area contributed by atoms with Crippen LogP contribution in [0.25, 0.3) is 0 Å². The molecule has 0 atom stereocenters. The first-order chi connectivity index (χ1) is 10.6. The summed E-state index contributed by atoms with van der Waals surface area (Å²) in [4.78, 5) is 4.69. The van der Waals surface area contributed by atoms with E-state index in [2.05, 4.69) is 29.7 Å². The SMILES string of the molecule is C=C(COc1ccc2c(c1)CCN(C1CCC1)CC2)N(C)C. The third-order valence-electron chi connectivity index (χ3n) is 5.14. The first-order valence-corrected chi connectivity index (χ1v) is 8.47. The van der Waals surface area contributed by atoms with E-state index in [1.165, 1.54) is 49.9 Å². The summed E-state index contributed by atoms with van der Waals surface area (Å²) < 4.78 is 5.89. The Morgan fingerprint density at radius 3 is 2.59 bits per heavy atom. The molecule has 1 aliphatic carbocycles. The van der Waals surface area contributed by atoms with E-state index in [1.54, 1.807) is 0 Å². The van der Waals surface area contributed by atoms with Gasteiger partial charge in [-0.2, -0.15) is 0 Å². The molecule has 1 aliphatic heterocycles. The minimum absolute atomic E-state index is 0.556. The van der Waals surface area contributed by atoms with Gasteiger partial charge in [0, 0.05) is 38.9 Å². The lowest BCUT2D eigenvalue weighted by molar-refractivity contribution is 0.133. The van der Waals surface area contributed by atoms with Gasteiger partial charge in [-0.3, -0.25) is 4.90 Å². The fraction of sp³-hybridized carbons (Fsp3) is 0.579. The van der Waals surface area contributed by atoms with E-state index in [1.807, 2.05) is 19.0 Å². The van der Waals surface area contributed by atoms with Crippen molar-refractivity contribution in [2.24, 2.45) is 0 Å². The van der Waals surface area contributed by atoms with E-state index in [4.69, 9.17) is 4.74 Å². The van der Waals surface area contributed by atoms with Crippen LogP contribution in [0, 0.1) is 0 Å². The Bertz CT molecular complexity index is 534. The van der Waals surface area contributed by atoms with E-state index in [0.29, 0.717) is 6.61 Å². The molecule has 0 unspecified atom stereocenters. The molecular weight excluding hydrogens is 272 g/mol. The van der Waals surface area contributed by atoms with Gasteiger partial charge in [0.2, 0.25) is 0 Å². The summed E-state index contributed by atoms with van der Waals surface area (Å²) in [5.74, 6) is 0.971. The van der Waals surface area contributed by atoms with E-state index >= 15 is 0 Å². The molecule has 0 aromatic heterocycles. The van der Waals surface area contributed by atoms with Gasteiger partial charge in [-0.25, -0.2) is 0 Å². The molecule has 0 bridgehead atoms. The van der Waals surface area contributed by atoms with Crippen LogP contribution in [-0.4, -0.2) is 49.6 Å². The summed E-state index contributed by atoms with van der Waals surface area (Å²) in [6.45, 7) is 6.98. The molecule has 0 radical (unpaired) electrons. The summed E-state index contributed by atoms with van der Waals surface area (Å²) in [6.07, 6.45) is 6.55. The molecule has 1 fully saturated rings. The van der Waals surface area contributed by atoms with Crippen molar-refractivity contribution in [3.05, 3.63) is 41.6 Å². The maximum absolute atomic E-state index is 5.89. The molecule has 1 aromatic carbocycles. The highest BCUT2D eigenvalue weighted by atomic mass is 16.5. The molecule has 0 spiro atoms. The molecule has 0 amide bonds. The van der Waals surface area contributed by atoms with Crippen LogP contribution in [0.5, 0.6) is 5.75 Å². The number of fused-ring (bicyclic) bond motifs is 1. The molecule has 120 valence electrons. The molecule has 3 rings (SSSR count). The van der Waals surface area contributed by atoms with Gasteiger partial charge in [-0.05, 0) is 48.9 Å². The first-order valence-electron chi connectivity index (χ1n) is 8.47. The Labute approximate surface area is 134 Å². The molecule has 0 N–H and O–H groups in total. The molecule has 2 aliphatic rings. The number of ether oxygens (including phenoxy) is 1. The predicted octanol–water partition coefficient (Wildman–Crippen LogP) is 3.09. The van der Waals surface area contributed by atoms with E-state index in [0.717, 1.165) is 23.9 Å². The minimum Gasteiger partial charge on any atom is -0.487 e. The molecule has 1 aromatic rings. The molecule has 1 heterocycles. The second-order valence-corrected chi connectivity index (χ2v) is 6.80. The van der Waals surface area contributed by atoms with Crippen molar-refractivity contribution in [3.63, 3.8) is 0 Å². The normalized spacial score (nSPS) is 19.0. The van der Waals surface area contributed by atoms with Crippen molar-refractivity contribution < 1.29 is 4.74 Å². The summed E-state index contributed by atoms with van der Waals surface area (Å²) in [5, 5.41) is 0. The largest absolute Gasteiger partial charge is 0.487 e. The maximum Gasteiger partial charge on any atom is 0.127 e. The van der Waals surface area contributed by atoms with E-state index in [9.17, 15) is 0 Å². The van der Waals surface area contributed by atoms with Crippen LogP contribution < -0.4 is 4.74 Å². The summed E-state index contributed by atoms with van der Waals surface area (Å²) in [5.41, 5.74) is 3.96. The number of hydrogen-bond donors (Lipinski definition) is 0. The number of likely N-dealkylation sites (N-methyl/N-ethyl adjacent to an activating group) is 1. The van der Waals surface area contributed by atoms with Gasteiger partial charge in [0.15, 0.2) is 0 Å². The van der Waals surface area contributed by atoms with Crippen molar-refractivity contribution in [1.29, 1.82) is 0 Å². The Morgan fingerprint density at radius 2 is 1.95 bits per heavy atom. The zero-order chi connectivity index (χ0) is 15.5. The van der Waals surface area contributed by atoms with Crippen molar-refractivity contribution in [2.75, 3.05) is 33.8 Å². The molecule has 3 nitrogen and oxygen atoms in total. The van der Waals surface area contributed by atoms with Crippen LogP contribution >= 0.6 is 0 Å². The van der Waals surface area contributed by atoms with Crippen molar-refractivity contribution in [3.8, 4) is 5.75 Å². The number of benzene rings is 1. The van der Waals surface area contributed by atoms with Crippen molar-refractivity contribution >= 4 is 0 Å². The zero-order valence-corrected chi connectivity index (χ0v) is 14.0. The standard InChI is InChI=1S/C19H28N2O/c1-15(20(2)3)14-22-19-8-7-16-9-11-21(18-5-4-6-18)12-10-17(16)13-19/h7-8,13,18H,1,4-6,9-12,14H2,2-3H3. The second-order valence-electron chi connectivity index (χ2n) is 6.80. The fourth-order valence-corrected chi connectivity index (χ4v) is 3.22. The number of rotatable bonds is 5. The van der Waals surface area contributed by atoms with Gasteiger partial charge in [0.05, 0.1) is 0 Å². The van der Waals surface area contributed by atoms with Crippen molar-refractivity contribution in [2.45, 2.75) is 38.1 Å². The first kappa shape index (κ1) is 15.4. The van der Waals surface area contributed by atoms with Crippen LogP contribution in [-0.2, 0) is 12.8 Å². The molecule has 22 heavy (non-hydrogen) atoms. The molecular formula is C19H28N2O. The third kappa shape index (κ3) is 3.46. The third-order valence-corrected chi connectivity index (χ3v) is 5.14. The fourth-order valence-electron chi connectivity index (χ4n) is 3.22. The molecule has 3 heteroatoms. The lowest BCUT2D eigenvalue weighted by atomic mass is 9.91. The van der Waals surface area contributed by atoms with E-state index in [-0.39, 0.29) is 0 Å². The van der Waals surface area contributed by atoms with Crippen LogP contribution in [0.2, 0.25) is 0 Å². The number of nitrogens with zero attached hydrogens (tertiary/aromatic N) is 2. The Balaban J connectivity index is 1.62. The predicted molar refractivity (Wildman–Crippen MR) is 91.4 cm³/mol. The zero-order valence-electron chi connectivity index (χ0n) is 14.0. The average molecular weight is 300 g/mol. The summed E-state index contributed by atoms with van der Waals surface area (Å²) >= 11 is 0. The van der Waals surface area contributed by atoms with Gasteiger partial charge in [0.1, 0.15) is 12.4 Å². The van der Waals surface area contributed by atoms with E-state index < -0.39 is 0 Å². The lowest BCUT2D eigenvalue weighted by Gasteiger charge is -2.36. The van der Waals surface area contributed by atoms with Gasteiger partial charge in [0.25, 0.3) is 0 Å². The Kier molecular flexibility index (Phi) is 4.72. The molecule has 1 saturated carbocycles. The average Bonchev–Trinajstić information content (AvgIpc) is 2.65. The molecule has 0 saturated heterocycles. The maximum atomic E-state index is 5.89. The second kappa shape index (κ2) is 6.74. The monoisotopic (exact) mass is 300 g/mol. The summed E-state index contributed by atoms with van der Waals surface area (Å²) in [6, 6.07) is 7.46. The van der Waals surface area contributed by atoms with Crippen LogP contribution in [0.15, 0.2) is 30.5 Å². The lowest BCUT2D eigenvalue weighted by Crippen LogP contribution is -2.41. The highest BCUT2D eigenvalue weighted by molar-refractivity contribution is 5.37. The van der Waals surface area contributed by atoms with Crippen LogP contribution in [0.4, 0.5) is 0 Å². The van der Waals surface area contributed by atoms with Gasteiger partial charge >= 0.3 is 0 Å². The summed E-state index contributed by atoms with van der Waals surface area (Å²) in [7, 11) is 4.00. The van der Waals surface area contributed by atoms with Gasteiger partial charge in [-0.1, -0.05) is 19.1 Å². The smallest absolute Gasteiger partial charge is 0.127 e. The highest BCUT2D eigenvalue weighted by Crippen LogP contribution is 2.28. The van der Waals surface area contributed by atoms with Gasteiger partial charge < -0.3 is 9.64 Å². The quantitative estimate of drug-likeness (QED) is 0.831.